The summed E-state index contributed by atoms with van der Waals surface area (Å²) < 4.78 is 6.17. The Morgan fingerprint density at radius 3 is 2.70 bits per heavy atom. The summed E-state index contributed by atoms with van der Waals surface area (Å²) in [6.07, 6.45) is 5.17. The maximum absolute atomic E-state index is 6.17. The molecule has 1 fully saturated rings. The summed E-state index contributed by atoms with van der Waals surface area (Å²) in [5.74, 6) is 7.05. The highest BCUT2D eigenvalue weighted by atomic mass is 16.5. The Kier molecular flexibility index (Phi) is 3.90. The van der Waals surface area contributed by atoms with Crippen LogP contribution in [0.3, 0.4) is 0 Å². The molecule has 0 saturated heterocycles. The van der Waals surface area contributed by atoms with Gasteiger partial charge in [0.2, 0.25) is 0 Å². The number of hydrogen-bond donors (Lipinski definition) is 1. The highest BCUT2D eigenvalue weighted by molar-refractivity contribution is 5.90. The van der Waals surface area contributed by atoms with E-state index in [0.29, 0.717) is 12.6 Å². The van der Waals surface area contributed by atoms with Crippen LogP contribution in [0.25, 0.3) is 10.8 Å². The van der Waals surface area contributed by atoms with Crippen LogP contribution in [0.5, 0.6) is 5.75 Å². The number of hydrogen-bond acceptors (Lipinski definition) is 2. The second-order valence-electron chi connectivity index (χ2n) is 5.19. The maximum Gasteiger partial charge on any atom is 0.135 e. The lowest BCUT2D eigenvalue weighted by Gasteiger charge is -2.16. The molecule has 0 radical (unpaired) electrons. The molecule has 0 spiro atoms. The molecule has 2 nitrogen and oxygen atoms in total. The van der Waals surface area contributed by atoms with Gasteiger partial charge in [-0.1, -0.05) is 42.2 Å². The SMILES string of the molecule is NCC#Cc1c(OC2CCCC2)ccc2ccccc12. The number of ether oxygens (including phenoxy) is 1. The van der Waals surface area contributed by atoms with Crippen LogP contribution in [0.2, 0.25) is 0 Å². The van der Waals surface area contributed by atoms with Crippen molar-refractivity contribution in [1.29, 1.82) is 0 Å². The topological polar surface area (TPSA) is 35.2 Å². The van der Waals surface area contributed by atoms with Crippen molar-refractivity contribution >= 4 is 10.8 Å². The zero-order valence-corrected chi connectivity index (χ0v) is 11.6. The normalized spacial score (nSPS) is 15.1. The van der Waals surface area contributed by atoms with Gasteiger partial charge < -0.3 is 10.5 Å². The molecule has 0 aliphatic heterocycles. The lowest BCUT2D eigenvalue weighted by molar-refractivity contribution is 0.210. The molecule has 0 unspecified atom stereocenters. The average molecular weight is 265 g/mol. The molecule has 102 valence electrons. The summed E-state index contributed by atoms with van der Waals surface area (Å²) in [7, 11) is 0. The number of rotatable bonds is 2. The van der Waals surface area contributed by atoms with Crippen LogP contribution in [0.15, 0.2) is 36.4 Å². The molecule has 1 aliphatic rings. The molecule has 0 aromatic heterocycles. The lowest BCUT2D eigenvalue weighted by atomic mass is 10.0. The summed E-state index contributed by atoms with van der Waals surface area (Å²) >= 11 is 0. The minimum atomic E-state index is 0.342. The average Bonchev–Trinajstić information content (AvgIpc) is 2.99. The zero-order chi connectivity index (χ0) is 13.8. The number of nitrogens with two attached hydrogens (primary N) is 1. The van der Waals surface area contributed by atoms with Gasteiger partial charge in [0.05, 0.1) is 18.2 Å². The van der Waals surface area contributed by atoms with Gasteiger partial charge in [0.15, 0.2) is 0 Å². The largest absolute Gasteiger partial charge is 0.489 e. The summed E-state index contributed by atoms with van der Waals surface area (Å²) in [6, 6.07) is 12.4. The van der Waals surface area contributed by atoms with Crippen molar-refractivity contribution in [1.82, 2.24) is 0 Å². The Morgan fingerprint density at radius 1 is 1.10 bits per heavy atom. The third kappa shape index (κ3) is 2.64. The number of benzene rings is 2. The smallest absolute Gasteiger partial charge is 0.135 e. The number of fused-ring (bicyclic) bond motifs is 1. The molecule has 3 rings (SSSR count). The van der Waals surface area contributed by atoms with E-state index in [1.165, 1.54) is 18.2 Å². The third-order valence-electron chi connectivity index (χ3n) is 3.80. The molecule has 0 bridgehead atoms. The molecule has 2 aromatic carbocycles. The van der Waals surface area contributed by atoms with E-state index in [4.69, 9.17) is 10.5 Å². The monoisotopic (exact) mass is 265 g/mol. The second-order valence-corrected chi connectivity index (χ2v) is 5.19. The van der Waals surface area contributed by atoms with E-state index in [9.17, 15) is 0 Å². The van der Waals surface area contributed by atoms with Crippen molar-refractivity contribution in [3.63, 3.8) is 0 Å². The molecule has 1 saturated carbocycles. The summed E-state index contributed by atoms with van der Waals surface area (Å²) in [5.41, 5.74) is 6.49. The Morgan fingerprint density at radius 2 is 1.90 bits per heavy atom. The molecular weight excluding hydrogens is 246 g/mol. The molecule has 2 aromatic rings. The van der Waals surface area contributed by atoms with E-state index in [1.54, 1.807) is 0 Å². The van der Waals surface area contributed by atoms with Crippen LogP contribution in [0, 0.1) is 11.8 Å². The molecule has 20 heavy (non-hydrogen) atoms. The second kappa shape index (κ2) is 5.98. The summed E-state index contributed by atoms with van der Waals surface area (Å²) in [4.78, 5) is 0. The highest BCUT2D eigenvalue weighted by Gasteiger charge is 2.18. The first-order valence-electron chi connectivity index (χ1n) is 7.26. The highest BCUT2D eigenvalue weighted by Crippen LogP contribution is 2.31. The van der Waals surface area contributed by atoms with Gasteiger partial charge in [-0.15, -0.1) is 0 Å². The van der Waals surface area contributed by atoms with Crippen molar-refractivity contribution in [3.8, 4) is 17.6 Å². The Balaban J connectivity index is 2.05. The predicted molar refractivity (Wildman–Crippen MR) is 82.8 cm³/mol. The van der Waals surface area contributed by atoms with E-state index < -0.39 is 0 Å². The molecule has 0 atom stereocenters. The van der Waals surface area contributed by atoms with Crippen molar-refractivity contribution in [2.24, 2.45) is 5.73 Å². The van der Waals surface area contributed by atoms with Crippen molar-refractivity contribution in [3.05, 3.63) is 42.0 Å². The predicted octanol–water partition coefficient (Wildman–Crippen LogP) is 3.47. The first-order chi connectivity index (χ1) is 9.88. The minimum Gasteiger partial charge on any atom is -0.489 e. The van der Waals surface area contributed by atoms with E-state index in [1.807, 2.05) is 18.2 Å². The standard InChI is InChI=1S/C18H19NO/c19-13-5-10-17-16-9-4-1-6-14(16)11-12-18(17)20-15-7-2-3-8-15/h1,4,6,9,11-12,15H,2-3,7-8,13,19H2. The fraction of sp³-hybridized carbons (Fsp3) is 0.333. The van der Waals surface area contributed by atoms with E-state index in [-0.39, 0.29) is 0 Å². The summed E-state index contributed by atoms with van der Waals surface area (Å²) in [5, 5.41) is 2.33. The van der Waals surface area contributed by atoms with Crippen LogP contribution in [-0.4, -0.2) is 12.6 Å². The molecule has 0 heterocycles. The quantitative estimate of drug-likeness (QED) is 0.844. The Bertz CT molecular complexity index is 660. The van der Waals surface area contributed by atoms with Crippen LogP contribution >= 0.6 is 0 Å². The van der Waals surface area contributed by atoms with Gasteiger partial charge in [0, 0.05) is 5.39 Å². The fourth-order valence-corrected chi connectivity index (χ4v) is 2.80. The van der Waals surface area contributed by atoms with Gasteiger partial charge in [0.25, 0.3) is 0 Å². The fourth-order valence-electron chi connectivity index (χ4n) is 2.80. The molecule has 0 amide bonds. The van der Waals surface area contributed by atoms with Gasteiger partial charge in [-0.25, -0.2) is 0 Å². The van der Waals surface area contributed by atoms with Gasteiger partial charge in [-0.05, 0) is 37.1 Å². The lowest BCUT2D eigenvalue weighted by Crippen LogP contribution is -2.11. The van der Waals surface area contributed by atoms with Crippen LogP contribution in [-0.2, 0) is 0 Å². The molecule has 2 N–H and O–H groups in total. The van der Waals surface area contributed by atoms with Gasteiger partial charge >= 0.3 is 0 Å². The Labute approximate surface area is 119 Å². The first-order valence-corrected chi connectivity index (χ1v) is 7.26. The van der Waals surface area contributed by atoms with Gasteiger partial charge in [-0.3, -0.25) is 0 Å². The Hall–Kier alpha value is -1.98. The first kappa shape index (κ1) is 13.0. The van der Waals surface area contributed by atoms with E-state index >= 15 is 0 Å². The zero-order valence-electron chi connectivity index (χ0n) is 11.6. The van der Waals surface area contributed by atoms with Crippen LogP contribution < -0.4 is 10.5 Å². The molecule has 2 heteroatoms. The third-order valence-corrected chi connectivity index (χ3v) is 3.80. The maximum atomic E-state index is 6.17. The molecule has 1 aliphatic carbocycles. The van der Waals surface area contributed by atoms with Crippen molar-refractivity contribution < 1.29 is 4.74 Å². The van der Waals surface area contributed by atoms with Crippen molar-refractivity contribution in [2.45, 2.75) is 31.8 Å². The van der Waals surface area contributed by atoms with Gasteiger partial charge in [-0.2, -0.15) is 0 Å². The van der Waals surface area contributed by atoms with Crippen LogP contribution in [0.1, 0.15) is 31.2 Å². The summed E-state index contributed by atoms with van der Waals surface area (Å²) in [6.45, 7) is 0.367. The van der Waals surface area contributed by atoms with Gasteiger partial charge in [0.1, 0.15) is 5.75 Å². The molecular formula is C18H19NO. The van der Waals surface area contributed by atoms with Crippen LogP contribution in [0.4, 0.5) is 0 Å². The minimum absolute atomic E-state index is 0.342. The van der Waals surface area contributed by atoms with E-state index in [2.05, 4.69) is 30.0 Å². The van der Waals surface area contributed by atoms with E-state index in [0.717, 1.165) is 29.5 Å². The van der Waals surface area contributed by atoms with Crippen molar-refractivity contribution in [2.75, 3.05) is 6.54 Å².